The van der Waals surface area contributed by atoms with Gasteiger partial charge >= 0.3 is 0 Å². The van der Waals surface area contributed by atoms with E-state index in [1.54, 1.807) is 28.9 Å². The minimum atomic E-state index is -0.380. The molecule has 0 bridgehead atoms. The zero-order valence-electron chi connectivity index (χ0n) is 17.4. The molecule has 1 N–H and O–H groups in total. The molecular weight excluding hydrogens is 427 g/mol. The molecule has 0 fully saturated rings. The van der Waals surface area contributed by atoms with E-state index in [2.05, 4.69) is 20.6 Å². The molecule has 3 aromatic heterocycles. The van der Waals surface area contributed by atoms with Crippen LogP contribution in [0.4, 0.5) is 4.39 Å². The van der Waals surface area contributed by atoms with Gasteiger partial charge in [-0.2, -0.15) is 5.10 Å². The third kappa shape index (κ3) is 4.10. The Morgan fingerprint density at radius 2 is 1.91 bits per heavy atom. The maximum Gasteiger partial charge on any atom is 0.264 e. The molecule has 0 unspecified atom stereocenters. The lowest BCUT2D eigenvalue weighted by molar-refractivity contribution is -0.120. The largest absolute Gasteiger partial charge is 0.356 e. The first-order valence-electron chi connectivity index (χ1n) is 10.3. The number of fused-ring (bicyclic) bond motifs is 2. The van der Waals surface area contributed by atoms with Gasteiger partial charge in [-0.05, 0) is 18.2 Å². The van der Waals surface area contributed by atoms with Gasteiger partial charge in [0.05, 0.1) is 25.7 Å². The number of carbonyl (C=O) groups is 1. The van der Waals surface area contributed by atoms with E-state index in [9.17, 15) is 14.0 Å². The minimum absolute atomic E-state index is 0.0758. The van der Waals surface area contributed by atoms with Crippen LogP contribution < -0.4 is 10.9 Å². The fraction of sp³-hybridized carbons (Fsp3) is 0.174. The van der Waals surface area contributed by atoms with Crippen LogP contribution in [0.15, 0.2) is 70.4 Å². The highest BCUT2D eigenvalue weighted by atomic mass is 19.1. The Hall–Kier alpha value is -4.34. The lowest BCUT2D eigenvalue weighted by Gasteiger charge is -2.08. The van der Waals surface area contributed by atoms with Gasteiger partial charge in [-0.3, -0.25) is 14.2 Å². The number of nitrogens with one attached hydrogen (secondary N) is 1. The number of carbonyl (C=O) groups excluding carboxylic acids is 1. The first-order valence-corrected chi connectivity index (χ1v) is 10.3. The van der Waals surface area contributed by atoms with Crippen molar-refractivity contribution in [3.63, 3.8) is 0 Å². The number of rotatable bonds is 7. The minimum Gasteiger partial charge on any atom is -0.356 e. The molecule has 1 amide bonds. The molecule has 166 valence electrons. The van der Waals surface area contributed by atoms with Crippen molar-refractivity contribution in [3.8, 4) is 0 Å². The third-order valence-electron chi connectivity index (χ3n) is 5.35. The second kappa shape index (κ2) is 8.65. The van der Waals surface area contributed by atoms with Gasteiger partial charge in [0.2, 0.25) is 5.91 Å². The number of amides is 1. The van der Waals surface area contributed by atoms with E-state index < -0.39 is 0 Å². The summed E-state index contributed by atoms with van der Waals surface area (Å²) in [5, 5.41) is 12.1. The smallest absolute Gasteiger partial charge is 0.264 e. The SMILES string of the molecule is O=C(Cc1noc2ccccc12)NCCn1ncc2c(=O)n(Cc3ccccc3F)cnc21. The third-order valence-corrected chi connectivity index (χ3v) is 5.35. The second-order valence-electron chi connectivity index (χ2n) is 7.53. The van der Waals surface area contributed by atoms with Gasteiger partial charge in [0.15, 0.2) is 11.2 Å². The van der Waals surface area contributed by atoms with Crippen molar-refractivity contribution < 1.29 is 13.7 Å². The van der Waals surface area contributed by atoms with Crippen molar-refractivity contribution in [3.05, 3.63) is 88.5 Å². The Balaban J connectivity index is 1.24. The second-order valence-corrected chi connectivity index (χ2v) is 7.53. The van der Waals surface area contributed by atoms with Crippen molar-refractivity contribution in [1.82, 2.24) is 29.8 Å². The summed E-state index contributed by atoms with van der Waals surface area (Å²) in [4.78, 5) is 29.4. The van der Waals surface area contributed by atoms with Crippen molar-refractivity contribution in [2.45, 2.75) is 19.5 Å². The lowest BCUT2D eigenvalue weighted by Crippen LogP contribution is -2.29. The molecule has 3 heterocycles. The zero-order chi connectivity index (χ0) is 22.8. The predicted octanol–water partition coefficient (Wildman–Crippen LogP) is 2.28. The molecule has 0 spiro atoms. The maximum atomic E-state index is 13.9. The summed E-state index contributed by atoms with van der Waals surface area (Å²) in [5.41, 5.74) is 1.70. The molecule has 33 heavy (non-hydrogen) atoms. The Morgan fingerprint density at radius 3 is 2.79 bits per heavy atom. The Bertz CT molecular complexity index is 1520. The molecule has 5 aromatic rings. The fourth-order valence-electron chi connectivity index (χ4n) is 3.67. The van der Waals surface area contributed by atoms with Crippen molar-refractivity contribution in [1.29, 1.82) is 0 Å². The number of benzene rings is 2. The molecule has 2 aromatic carbocycles. The average molecular weight is 446 g/mol. The normalized spacial score (nSPS) is 11.3. The van der Waals surface area contributed by atoms with E-state index in [-0.39, 0.29) is 30.2 Å². The summed E-state index contributed by atoms with van der Waals surface area (Å²) in [6, 6.07) is 13.6. The van der Waals surface area contributed by atoms with Crippen molar-refractivity contribution in [2.75, 3.05) is 6.54 Å². The van der Waals surface area contributed by atoms with Crippen LogP contribution in [0.25, 0.3) is 22.0 Å². The Morgan fingerprint density at radius 1 is 1.09 bits per heavy atom. The number of para-hydroxylation sites is 1. The number of hydrogen-bond acceptors (Lipinski definition) is 6. The van der Waals surface area contributed by atoms with Crippen LogP contribution in [-0.4, -0.2) is 36.9 Å². The van der Waals surface area contributed by atoms with Gasteiger partial charge in [0.1, 0.15) is 23.2 Å². The zero-order valence-corrected chi connectivity index (χ0v) is 17.4. The Kier molecular flexibility index (Phi) is 5.39. The molecule has 0 aliphatic carbocycles. The fourth-order valence-corrected chi connectivity index (χ4v) is 3.67. The highest BCUT2D eigenvalue weighted by Crippen LogP contribution is 2.18. The van der Waals surface area contributed by atoms with E-state index in [4.69, 9.17) is 4.52 Å². The molecule has 9 nitrogen and oxygen atoms in total. The van der Waals surface area contributed by atoms with Crippen LogP contribution in [0.5, 0.6) is 0 Å². The van der Waals surface area contributed by atoms with Crippen LogP contribution in [-0.2, 0) is 24.3 Å². The van der Waals surface area contributed by atoms with E-state index in [1.165, 1.54) is 23.2 Å². The van der Waals surface area contributed by atoms with Crippen LogP contribution in [0.2, 0.25) is 0 Å². The van der Waals surface area contributed by atoms with Gasteiger partial charge in [-0.1, -0.05) is 35.5 Å². The van der Waals surface area contributed by atoms with E-state index in [0.717, 1.165) is 5.39 Å². The lowest BCUT2D eigenvalue weighted by atomic mass is 10.1. The first-order chi connectivity index (χ1) is 16.1. The van der Waals surface area contributed by atoms with Crippen LogP contribution in [0, 0.1) is 5.82 Å². The molecule has 0 saturated heterocycles. The predicted molar refractivity (Wildman–Crippen MR) is 118 cm³/mol. The molecule has 0 aliphatic rings. The number of hydrogen-bond donors (Lipinski definition) is 1. The van der Waals surface area contributed by atoms with Crippen LogP contribution >= 0.6 is 0 Å². The van der Waals surface area contributed by atoms with E-state index in [0.29, 0.717) is 41.0 Å². The van der Waals surface area contributed by atoms with Gasteiger partial charge in [-0.15, -0.1) is 0 Å². The van der Waals surface area contributed by atoms with Crippen LogP contribution in [0.3, 0.4) is 0 Å². The summed E-state index contributed by atoms with van der Waals surface area (Å²) in [6.45, 7) is 0.705. The standard InChI is InChI=1S/C23H19FN6O3/c24-18-7-3-1-5-15(18)13-29-14-26-22-17(23(29)32)12-27-30(22)10-9-25-21(31)11-19-16-6-2-4-8-20(16)33-28-19/h1-8,12,14H,9-11,13H2,(H,25,31). The summed E-state index contributed by atoms with van der Waals surface area (Å²) in [7, 11) is 0. The van der Waals surface area contributed by atoms with E-state index >= 15 is 0 Å². The summed E-state index contributed by atoms with van der Waals surface area (Å²) in [6.07, 6.45) is 2.91. The molecule has 5 rings (SSSR count). The van der Waals surface area contributed by atoms with Gasteiger partial charge in [0.25, 0.3) is 5.56 Å². The topological polar surface area (TPSA) is 108 Å². The van der Waals surface area contributed by atoms with Gasteiger partial charge in [-0.25, -0.2) is 14.1 Å². The highest BCUT2D eigenvalue weighted by Gasteiger charge is 2.14. The quantitative estimate of drug-likeness (QED) is 0.411. The number of nitrogens with zero attached hydrogens (tertiary/aromatic N) is 5. The Labute approximate surface area is 186 Å². The summed E-state index contributed by atoms with van der Waals surface area (Å²) < 4.78 is 22.0. The van der Waals surface area contributed by atoms with Gasteiger partial charge in [0, 0.05) is 17.5 Å². The maximum absolute atomic E-state index is 13.9. The first kappa shape index (κ1) is 20.6. The molecule has 0 saturated carbocycles. The monoisotopic (exact) mass is 446 g/mol. The molecule has 10 heteroatoms. The molecule has 0 atom stereocenters. The molecule has 0 aliphatic heterocycles. The van der Waals surface area contributed by atoms with Crippen LogP contribution in [0.1, 0.15) is 11.3 Å². The number of aromatic nitrogens is 5. The number of halogens is 1. The average Bonchev–Trinajstić information content (AvgIpc) is 3.42. The highest BCUT2D eigenvalue weighted by molar-refractivity contribution is 5.86. The molecule has 0 radical (unpaired) electrons. The summed E-state index contributed by atoms with van der Waals surface area (Å²) >= 11 is 0. The van der Waals surface area contributed by atoms with Crippen molar-refractivity contribution >= 4 is 27.9 Å². The van der Waals surface area contributed by atoms with Crippen molar-refractivity contribution in [2.24, 2.45) is 0 Å². The van der Waals surface area contributed by atoms with E-state index in [1.807, 2.05) is 18.2 Å². The molecular formula is C23H19FN6O3. The van der Waals surface area contributed by atoms with Gasteiger partial charge < -0.3 is 9.84 Å². The summed E-state index contributed by atoms with van der Waals surface area (Å²) in [5.74, 6) is -0.583.